The fourth-order valence-corrected chi connectivity index (χ4v) is 6.51. The van der Waals surface area contributed by atoms with Gasteiger partial charge in [0.15, 0.2) is 5.13 Å². The molecule has 34 heavy (non-hydrogen) atoms. The van der Waals surface area contributed by atoms with Crippen molar-refractivity contribution in [2.75, 3.05) is 17.1 Å². The normalized spacial score (nSPS) is 11.6. The molecule has 0 spiro atoms. The quantitative estimate of drug-likeness (QED) is 0.322. The third-order valence-electron chi connectivity index (χ3n) is 5.03. The topological polar surface area (TPSA) is 110 Å². The Bertz CT molecular complexity index is 1640. The van der Waals surface area contributed by atoms with Crippen LogP contribution in [0.3, 0.4) is 0 Å². The lowest BCUT2D eigenvalue weighted by atomic mass is 10.2. The first kappa shape index (κ1) is 22.3. The molecule has 11 heteroatoms. The molecular formula is C23H18N4O4S3. The number of benzene rings is 3. The molecule has 2 aromatic heterocycles. The molecule has 0 radical (unpaired) electrons. The third-order valence-corrected chi connectivity index (χ3v) is 8.54. The number of amides is 1. The van der Waals surface area contributed by atoms with Crippen LogP contribution in [0.25, 0.3) is 20.4 Å². The number of carbonyl (C=O) groups is 1. The number of aromatic nitrogens is 2. The lowest BCUT2D eigenvalue weighted by Crippen LogP contribution is -2.18. The molecule has 8 nitrogen and oxygen atoms in total. The van der Waals surface area contributed by atoms with Gasteiger partial charge in [0.25, 0.3) is 15.9 Å². The second kappa shape index (κ2) is 8.67. The third kappa shape index (κ3) is 4.20. The number of sulfonamides is 1. The van der Waals surface area contributed by atoms with Crippen LogP contribution in [0, 0.1) is 6.92 Å². The van der Waals surface area contributed by atoms with E-state index in [4.69, 9.17) is 4.74 Å². The second-order valence-corrected chi connectivity index (χ2v) is 11.2. The highest BCUT2D eigenvalue weighted by Gasteiger charge is 2.20. The van der Waals surface area contributed by atoms with Crippen LogP contribution in [0.5, 0.6) is 5.75 Å². The summed E-state index contributed by atoms with van der Waals surface area (Å²) in [5.74, 6) is 0.0733. The summed E-state index contributed by atoms with van der Waals surface area (Å²) in [6.07, 6.45) is 0. The van der Waals surface area contributed by atoms with Crippen molar-refractivity contribution in [1.29, 1.82) is 0 Å². The summed E-state index contributed by atoms with van der Waals surface area (Å²) in [4.78, 5) is 22.2. The van der Waals surface area contributed by atoms with Gasteiger partial charge in [-0.2, -0.15) is 0 Å². The molecule has 0 bridgehead atoms. The van der Waals surface area contributed by atoms with Crippen molar-refractivity contribution in [3.05, 3.63) is 71.2 Å². The number of thiazole rings is 2. The van der Waals surface area contributed by atoms with Crippen LogP contribution in [-0.4, -0.2) is 31.4 Å². The van der Waals surface area contributed by atoms with Crippen LogP contribution < -0.4 is 14.8 Å². The summed E-state index contributed by atoms with van der Waals surface area (Å²) in [7, 11) is -2.41. The van der Waals surface area contributed by atoms with Crippen LogP contribution in [0.2, 0.25) is 0 Å². The largest absolute Gasteiger partial charge is 0.497 e. The summed E-state index contributed by atoms with van der Waals surface area (Å²) in [6.45, 7) is 1.95. The van der Waals surface area contributed by atoms with Gasteiger partial charge in [-0.25, -0.2) is 18.4 Å². The van der Waals surface area contributed by atoms with Crippen LogP contribution in [0.4, 0.5) is 10.8 Å². The average molecular weight is 511 g/mol. The molecule has 0 fully saturated rings. The first-order chi connectivity index (χ1) is 16.3. The van der Waals surface area contributed by atoms with Gasteiger partial charge in [0.1, 0.15) is 5.75 Å². The SMILES string of the molecule is COc1ccc(S(=O)(=O)Nc2ccccc2C(=O)Nc2nc3ccc4nc(C)sc4c3s2)cc1. The van der Waals surface area contributed by atoms with E-state index in [9.17, 15) is 13.2 Å². The number of fused-ring (bicyclic) bond motifs is 3. The van der Waals surface area contributed by atoms with Gasteiger partial charge in [0.05, 0.1) is 48.7 Å². The maximum atomic E-state index is 13.1. The summed E-state index contributed by atoms with van der Waals surface area (Å²) in [5, 5.41) is 4.18. The number of rotatable bonds is 6. The van der Waals surface area contributed by atoms with E-state index >= 15 is 0 Å². The van der Waals surface area contributed by atoms with Gasteiger partial charge in [-0.05, 0) is 55.5 Å². The van der Waals surface area contributed by atoms with E-state index in [0.717, 1.165) is 25.4 Å². The minimum Gasteiger partial charge on any atom is -0.497 e. The Morgan fingerprint density at radius 3 is 2.32 bits per heavy atom. The van der Waals surface area contributed by atoms with Gasteiger partial charge in [0, 0.05) is 0 Å². The summed E-state index contributed by atoms with van der Waals surface area (Å²) >= 11 is 2.94. The van der Waals surface area contributed by atoms with Gasteiger partial charge < -0.3 is 4.74 Å². The smallest absolute Gasteiger partial charge is 0.261 e. The standard InChI is InChI=1S/C23H18N4O4S3/c1-13-24-18-11-12-19-21(20(18)32-13)33-23(25-19)26-22(28)16-5-3-4-6-17(16)27-34(29,30)15-9-7-14(31-2)8-10-15/h3-12,27H,1-2H3,(H,25,26,28). The van der Waals surface area contributed by atoms with Crippen LogP contribution in [0.1, 0.15) is 15.4 Å². The second-order valence-electron chi connectivity index (χ2n) is 7.29. The monoisotopic (exact) mass is 510 g/mol. The van der Waals surface area contributed by atoms with Gasteiger partial charge in [-0.15, -0.1) is 11.3 Å². The minimum absolute atomic E-state index is 0.0542. The fraction of sp³-hybridized carbons (Fsp3) is 0.0870. The van der Waals surface area contributed by atoms with Crippen molar-refractivity contribution in [3.63, 3.8) is 0 Å². The first-order valence-corrected chi connectivity index (χ1v) is 13.2. The van der Waals surface area contributed by atoms with E-state index < -0.39 is 15.9 Å². The Kier molecular flexibility index (Phi) is 5.68. The molecule has 1 amide bonds. The molecule has 0 atom stereocenters. The Balaban J connectivity index is 1.42. The molecule has 0 saturated carbocycles. The van der Waals surface area contributed by atoms with Crippen molar-refractivity contribution in [2.45, 2.75) is 11.8 Å². The lowest BCUT2D eigenvalue weighted by molar-refractivity contribution is 0.102. The predicted molar refractivity (Wildman–Crippen MR) is 136 cm³/mol. The molecule has 0 aliphatic rings. The molecule has 0 unspecified atom stereocenters. The summed E-state index contributed by atoms with van der Waals surface area (Å²) in [5.41, 5.74) is 2.01. The molecule has 0 saturated heterocycles. The number of para-hydroxylation sites is 1. The summed E-state index contributed by atoms with van der Waals surface area (Å²) in [6, 6.07) is 16.2. The van der Waals surface area contributed by atoms with Gasteiger partial charge in [0.2, 0.25) is 0 Å². The number of aryl methyl sites for hydroxylation is 1. The maximum absolute atomic E-state index is 13.1. The minimum atomic E-state index is -3.91. The highest BCUT2D eigenvalue weighted by Crippen LogP contribution is 2.36. The average Bonchev–Trinajstić information content (AvgIpc) is 3.41. The Labute approximate surface area is 203 Å². The molecule has 5 aromatic rings. The van der Waals surface area contributed by atoms with Crippen molar-refractivity contribution in [2.24, 2.45) is 0 Å². The fourth-order valence-electron chi connectivity index (χ4n) is 3.43. The molecule has 172 valence electrons. The number of nitrogens with zero attached hydrogens (tertiary/aromatic N) is 2. The van der Waals surface area contributed by atoms with Crippen molar-refractivity contribution in [3.8, 4) is 5.75 Å². The molecule has 2 heterocycles. The van der Waals surface area contributed by atoms with Crippen molar-refractivity contribution < 1.29 is 17.9 Å². The highest BCUT2D eigenvalue weighted by molar-refractivity contribution is 7.92. The number of ether oxygens (including phenoxy) is 1. The van der Waals surface area contributed by atoms with Crippen molar-refractivity contribution in [1.82, 2.24) is 9.97 Å². The Morgan fingerprint density at radius 1 is 0.912 bits per heavy atom. The van der Waals surface area contributed by atoms with E-state index in [2.05, 4.69) is 20.0 Å². The zero-order valence-electron chi connectivity index (χ0n) is 18.0. The van der Waals surface area contributed by atoms with Crippen LogP contribution in [-0.2, 0) is 10.0 Å². The van der Waals surface area contributed by atoms with Crippen LogP contribution >= 0.6 is 22.7 Å². The van der Waals surface area contributed by atoms with E-state index in [1.54, 1.807) is 41.7 Å². The number of methoxy groups -OCH3 is 1. The molecule has 0 aliphatic heterocycles. The zero-order chi connectivity index (χ0) is 23.9. The first-order valence-electron chi connectivity index (χ1n) is 10.1. The number of hydrogen-bond acceptors (Lipinski definition) is 8. The van der Waals surface area contributed by atoms with E-state index in [1.807, 2.05) is 19.1 Å². The van der Waals surface area contributed by atoms with Gasteiger partial charge in [-0.3, -0.25) is 14.8 Å². The van der Waals surface area contributed by atoms with Gasteiger partial charge >= 0.3 is 0 Å². The maximum Gasteiger partial charge on any atom is 0.261 e. The van der Waals surface area contributed by atoms with E-state index in [1.165, 1.54) is 36.6 Å². The zero-order valence-corrected chi connectivity index (χ0v) is 20.5. The van der Waals surface area contributed by atoms with Crippen LogP contribution in [0.15, 0.2) is 65.6 Å². The van der Waals surface area contributed by atoms with Gasteiger partial charge in [-0.1, -0.05) is 23.5 Å². The number of nitrogens with one attached hydrogen (secondary N) is 2. The van der Waals surface area contributed by atoms with Crippen molar-refractivity contribution >= 4 is 69.9 Å². The number of carbonyl (C=O) groups excluding carboxylic acids is 1. The Hall–Kier alpha value is -3.54. The number of hydrogen-bond donors (Lipinski definition) is 2. The molecule has 3 aromatic carbocycles. The Morgan fingerprint density at radius 2 is 1.59 bits per heavy atom. The number of anilines is 2. The highest BCUT2D eigenvalue weighted by atomic mass is 32.2. The molecular weight excluding hydrogens is 492 g/mol. The van der Waals surface area contributed by atoms with E-state index in [-0.39, 0.29) is 16.1 Å². The lowest BCUT2D eigenvalue weighted by Gasteiger charge is -2.12. The molecule has 2 N–H and O–H groups in total. The predicted octanol–water partition coefficient (Wildman–Crippen LogP) is 5.28. The molecule has 5 rings (SSSR count). The summed E-state index contributed by atoms with van der Waals surface area (Å²) < 4.78 is 35.3. The molecule has 0 aliphatic carbocycles. The van der Waals surface area contributed by atoms with E-state index in [0.29, 0.717) is 10.9 Å².